The Hall–Kier alpha value is -2.50. The molecule has 0 spiro atoms. The van der Waals surface area contributed by atoms with Gasteiger partial charge in [-0.1, -0.05) is 12.1 Å². The third kappa shape index (κ3) is 2.83. The fourth-order valence-corrected chi connectivity index (χ4v) is 4.64. The molecule has 0 amide bonds. The number of imidazole rings is 1. The van der Waals surface area contributed by atoms with Gasteiger partial charge >= 0.3 is 0 Å². The first kappa shape index (κ1) is 15.7. The number of aromatic nitrogens is 3. The van der Waals surface area contributed by atoms with E-state index in [0.717, 1.165) is 13.1 Å². The van der Waals surface area contributed by atoms with Crippen LogP contribution in [0, 0.1) is 0 Å². The molecule has 0 N–H and O–H groups in total. The second kappa shape index (κ2) is 6.67. The first-order valence-corrected chi connectivity index (χ1v) is 9.90. The topological polar surface area (TPSA) is 33.4 Å². The molecule has 0 bridgehead atoms. The van der Waals surface area contributed by atoms with Crippen molar-refractivity contribution in [1.29, 1.82) is 0 Å². The molecular formula is C21H20N4S. The van der Waals surface area contributed by atoms with E-state index in [0.29, 0.717) is 6.04 Å². The second-order valence-corrected chi connectivity index (χ2v) is 7.75. The van der Waals surface area contributed by atoms with E-state index in [4.69, 9.17) is 4.98 Å². The predicted molar refractivity (Wildman–Crippen MR) is 105 cm³/mol. The van der Waals surface area contributed by atoms with E-state index in [1.807, 2.05) is 24.8 Å². The van der Waals surface area contributed by atoms with E-state index in [1.165, 1.54) is 40.1 Å². The number of nitrogens with zero attached hydrogens (tertiary/aromatic N) is 4. The molecule has 4 aromatic heterocycles. The largest absolute Gasteiger partial charge is 0.305 e. The lowest BCUT2D eigenvalue weighted by molar-refractivity contribution is 0.246. The summed E-state index contributed by atoms with van der Waals surface area (Å²) in [5, 5.41) is 2.12. The van der Waals surface area contributed by atoms with Gasteiger partial charge in [-0.25, -0.2) is 4.98 Å². The van der Waals surface area contributed by atoms with Gasteiger partial charge in [0.1, 0.15) is 0 Å². The zero-order valence-electron chi connectivity index (χ0n) is 14.5. The third-order valence-electron chi connectivity index (χ3n) is 5.15. The molecule has 4 nitrogen and oxygen atoms in total. The van der Waals surface area contributed by atoms with Gasteiger partial charge in [-0.3, -0.25) is 9.88 Å². The third-order valence-corrected chi connectivity index (χ3v) is 6.07. The highest BCUT2D eigenvalue weighted by atomic mass is 32.1. The molecule has 1 atom stereocenters. The van der Waals surface area contributed by atoms with Crippen LogP contribution < -0.4 is 0 Å². The van der Waals surface area contributed by atoms with Crippen molar-refractivity contribution in [2.75, 3.05) is 6.54 Å². The zero-order chi connectivity index (χ0) is 17.3. The number of pyridine rings is 2. The van der Waals surface area contributed by atoms with Crippen molar-refractivity contribution in [3.8, 4) is 10.4 Å². The standard InChI is InChI=1S/C21H20N4S/c1-4-16(12-22-9-1)13-24-10-2-5-18(24)21-19-8-7-17(14-25(19)15-23-21)20-6-3-11-26-20/h1,3-4,6-9,11-12,14-15,18H,2,5,10,13H2/t18-/m1/s1. The lowest BCUT2D eigenvalue weighted by Gasteiger charge is -2.23. The maximum absolute atomic E-state index is 4.80. The number of hydrogen-bond acceptors (Lipinski definition) is 4. The van der Waals surface area contributed by atoms with Crippen LogP contribution in [0.5, 0.6) is 0 Å². The summed E-state index contributed by atoms with van der Waals surface area (Å²) in [5.74, 6) is 0. The quantitative estimate of drug-likeness (QED) is 0.524. The molecule has 0 aliphatic carbocycles. The molecule has 1 aliphatic rings. The molecule has 26 heavy (non-hydrogen) atoms. The van der Waals surface area contributed by atoms with Crippen LogP contribution >= 0.6 is 11.3 Å². The summed E-state index contributed by atoms with van der Waals surface area (Å²) in [6, 6.07) is 13.2. The van der Waals surface area contributed by atoms with Crippen LogP contribution in [0.2, 0.25) is 0 Å². The second-order valence-electron chi connectivity index (χ2n) is 6.81. The SMILES string of the molecule is c1cncc(CN2CCC[C@@H]2c2ncn3cc(-c4cccs4)ccc23)c1. The van der Waals surface area contributed by atoms with Gasteiger partial charge in [0.05, 0.1) is 23.6 Å². The van der Waals surface area contributed by atoms with Crippen LogP contribution in [-0.2, 0) is 6.54 Å². The van der Waals surface area contributed by atoms with Crippen molar-refractivity contribution in [3.63, 3.8) is 0 Å². The van der Waals surface area contributed by atoms with Crippen LogP contribution in [0.1, 0.15) is 30.1 Å². The van der Waals surface area contributed by atoms with Crippen molar-refractivity contribution >= 4 is 16.9 Å². The lowest BCUT2D eigenvalue weighted by atomic mass is 10.1. The van der Waals surface area contributed by atoms with Crippen molar-refractivity contribution in [2.24, 2.45) is 0 Å². The van der Waals surface area contributed by atoms with Gasteiger partial charge in [-0.05, 0) is 54.6 Å². The van der Waals surface area contributed by atoms with Crippen molar-refractivity contribution in [1.82, 2.24) is 19.3 Å². The summed E-state index contributed by atoms with van der Waals surface area (Å²) in [6.07, 6.45) is 10.3. The molecule has 5 heteroatoms. The molecule has 0 radical (unpaired) electrons. The Morgan fingerprint density at radius 1 is 1.15 bits per heavy atom. The van der Waals surface area contributed by atoms with Gasteiger partial charge in [0.25, 0.3) is 0 Å². The fourth-order valence-electron chi connectivity index (χ4n) is 3.92. The van der Waals surface area contributed by atoms with Crippen molar-refractivity contribution in [3.05, 3.63) is 78.0 Å². The molecular weight excluding hydrogens is 340 g/mol. The van der Waals surface area contributed by atoms with Gasteiger partial charge in [-0.2, -0.15) is 0 Å². The Balaban J connectivity index is 1.46. The van der Waals surface area contributed by atoms with Crippen LogP contribution in [0.25, 0.3) is 16.0 Å². The number of hydrogen-bond donors (Lipinski definition) is 0. The van der Waals surface area contributed by atoms with Crippen molar-refractivity contribution < 1.29 is 0 Å². The normalized spacial score (nSPS) is 17.9. The Bertz CT molecular complexity index is 1010. The van der Waals surface area contributed by atoms with Gasteiger partial charge < -0.3 is 4.40 Å². The van der Waals surface area contributed by atoms with Crippen molar-refractivity contribution in [2.45, 2.75) is 25.4 Å². The molecule has 1 fully saturated rings. The Labute approximate surface area is 156 Å². The van der Waals surface area contributed by atoms with E-state index >= 15 is 0 Å². The smallest absolute Gasteiger partial charge is 0.0996 e. The average molecular weight is 360 g/mol. The summed E-state index contributed by atoms with van der Waals surface area (Å²) in [5.41, 5.74) is 4.93. The molecule has 5 heterocycles. The lowest BCUT2D eigenvalue weighted by Crippen LogP contribution is -2.23. The fraction of sp³-hybridized carbons (Fsp3) is 0.238. The maximum atomic E-state index is 4.80. The summed E-state index contributed by atoms with van der Waals surface area (Å²) in [4.78, 5) is 12.9. The predicted octanol–water partition coefficient (Wildman–Crippen LogP) is 4.79. The van der Waals surface area contributed by atoms with E-state index < -0.39 is 0 Å². The summed E-state index contributed by atoms with van der Waals surface area (Å²) >= 11 is 1.77. The first-order chi connectivity index (χ1) is 12.9. The highest BCUT2D eigenvalue weighted by Gasteiger charge is 2.29. The minimum absolute atomic E-state index is 0.382. The molecule has 0 aromatic carbocycles. The monoisotopic (exact) mass is 360 g/mol. The van der Waals surface area contributed by atoms with Crippen LogP contribution in [0.3, 0.4) is 0 Å². The number of rotatable bonds is 4. The molecule has 5 rings (SSSR count). The van der Waals surface area contributed by atoms with Gasteiger partial charge in [-0.15, -0.1) is 11.3 Å². The number of likely N-dealkylation sites (tertiary alicyclic amines) is 1. The van der Waals surface area contributed by atoms with Crippen LogP contribution in [-0.4, -0.2) is 25.8 Å². The van der Waals surface area contributed by atoms with E-state index in [9.17, 15) is 0 Å². The molecule has 130 valence electrons. The Morgan fingerprint density at radius 2 is 2.15 bits per heavy atom. The van der Waals surface area contributed by atoms with E-state index in [1.54, 1.807) is 11.3 Å². The highest BCUT2D eigenvalue weighted by molar-refractivity contribution is 7.13. The Morgan fingerprint density at radius 3 is 3.00 bits per heavy atom. The van der Waals surface area contributed by atoms with Gasteiger partial charge in [0.15, 0.2) is 0 Å². The summed E-state index contributed by atoms with van der Waals surface area (Å²) in [6.45, 7) is 2.05. The highest BCUT2D eigenvalue weighted by Crippen LogP contribution is 2.35. The minimum Gasteiger partial charge on any atom is -0.305 e. The molecule has 1 aliphatic heterocycles. The molecule has 0 saturated carbocycles. The Kier molecular flexibility index (Phi) is 4.03. The number of thiophene rings is 1. The van der Waals surface area contributed by atoms with Crippen LogP contribution in [0.4, 0.5) is 0 Å². The van der Waals surface area contributed by atoms with Gasteiger partial charge in [0, 0.05) is 35.6 Å². The average Bonchev–Trinajstić information content (AvgIpc) is 3.42. The van der Waals surface area contributed by atoms with Gasteiger partial charge in [0.2, 0.25) is 0 Å². The summed E-state index contributed by atoms with van der Waals surface area (Å²) < 4.78 is 2.17. The zero-order valence-corrected chi connectivity index (χ0v) is 15.3. The molecule has 1 saturated heterocycles. The summed E-state index contributed by atoms with van der Waals surface area (Å²) in [7, 11) is 0. The van der Waals surface area contributed by atoms with Crippen LogP contribution in [0.15, 0.2) is 66.7 Å². The first-order valence-electron chi connectivity index (χ1n) is 9.02. The number of fused-ring (bicyclic) bond motifs is 1. The minimum atomic E-state index is 0.382. The van der Waals surface area contributed by atoms with E-state index in [2.05, 4.69) is 56.2 Å². The molecule has 4 aromatic rings. The van der Waals surface area contributed by atoms with E-state index in [-0.39, 0.29) is 0 Å². The molecule has 0 unspecified atom stereocenters. The maximum Gasteiger partial charge on any atom is 0.0996 e.